The van der Waals surface area contributed by atoms with Gasteiger partial charge in [0.2, 0.25) is 0 Å². The molecule has 2 N–H and O–H groups in total. The number of aliphatic imine (C=N–C) groups is 1. The Kier molecular flexibility index (Phi) is 3.40. The Morgan fingerprint density at radius 2 is 2.40 bits per heavy atom. The average molecular weight is 225 g/mol. The summed E-state index contributed by atoms with van der Waals surface area (Å²) in [5, 5.41) is 7.04. The van der Waals surface area contributed by atoms with E-state index < -0.39 is 0 Å². The number of guanidine groups is 1. The zero-order valence-corrected chi connectivity index (χ0v) is 9.09. The fraction of sp³-hybridized carbons (Fsp3) is 0.400. The van der Waals surface area contributed by atoms with Crippen LogP contribution >= 0.6 is 11.6 Å². The van der Waals surface area contributed by atoms with E-state index in [-0.39, 0.29) is 0 Å². The number of nitrogens with zero attached hydrogens (tertiary/aromatic N) is 2. The quantitative estimate of drug-likeness (QED) is 0.793. The van der Waals surface area contributed by atoms with Crippen LogP contribution in [0.3, 0.4) is 0 Å². The molecule has 0 unspecified atom stereocenters. The number of aromatic nitrogens is 1. The van der Waals surface area contributed by atoms with Gasteiger partial charge < -0.3 is 10.6 Å². The molecular weight excluding hydrogens is 212 g/mol. The van der Waals surface area contributed by atoms with E-state index in [2.05, 4.69) is 20.6 Å². The normalized spacial score (nSPS) is 15.4. The molecule has 1 aromatic rings. The summed E-state index contributed by atoms with van der Waals surface area (Å²) in [4.78, 5) is 8.49. The molecule has 2 heterocycles. The smallest absolute Gasteiger partial charge is 0.191 e. The summed E-state index contributed by atoms with van der Waals surface area (Å²) in [6.45, 7) is 2.55. The van der Waals surface area contributed by atoms with E-state index in [1.807, 2.05) is 12.1 Å². The van der Waals surface area contributed by atoms with Crippen molar-refractivity contribution in [3.63, 3.8) is 0 Å². The van der Waals surface area contributed by atoms with E-state index in [1.165, 1.54) is 0 Å². The van der Waals surface area contributed by atoms with E-state index in [0.717, 1.165) is 31.2 Å². The first-order valence-corrected chi connectivity index (χ1v) is 5.35. The molecular formula is C10H13ClN4. The summed E-state index contributed by atoms with van der Waals surface area (Å²) in [5.74, 6) is 0.859. The Morgan fingerprint density at radius 3 is 3.07 bits per heavy atom. The van der Waals surface area contributed by atoms with Gasteiger partial charge in [0, 0.05) is 19.3 Å². The first kappa shape index (κ1) is 10.2. The van der Waals surface area contributed by atoms with Crippen molar-refractivity contribution >= 4 is 17.6 Å². The lowest BCUT2D eigenvalue weighted by molar-refractivity contribution is 0.698. The Bertz CT molecular complexity index is 347. The molecule has 0 aromatic carbocycles. The summed E-state index contributed by atoms with van der Waals surface area (Å²) in [6.07, 6.45) is 2.75. The van der Waals surface area contributed by atoms with Crippen LogP contribution in [0.5, 0.6) is 0 Å². The van der Waals surface area contributed by atoms with E-state index in [0.29, 0.717) is 11.6 Å². The van der Waals surface area contributed by atoms with Gasteiger partial charge in [-0.2, -0.15) is 0 Å². The van der Waals surface area contributed by atoms with Crippen molar-refractivity contribution < 1.29 is 0 Å². The molecule has 0 radical (unpaired) electrons. The zero-order chi connectivity index (χ0) is 10.5. The molecule has 0 aliphatic carbocycles. The first-order valence-electron chi connectivity index (χ1n) is 4.97. The third kappa shape index (κ3) is 3.09. The molecule has 0 saturated heterocycles. The lowest BCUT2D eigenvalue weighted by Crippen LogP contribution is -2.40. The van der Waals surface area contributed by atoms with Crippen LogP contribution < -0.4 is 10.6 Å². The van der Waals surface area contributed by atoms with Crippen LogP contribution in [-0.4, -0.2) is 24.0 Å². The molecule has 15 heavy (non-hydrogen) atoms. The highest BCUT2D eigenvalue weighted by atomic mass is 35.5. The van der Waals surface area contributed by atoms with Crippen LogP contribution in [0.1, 0.15) is 12.1 Å². The Labute approximate surface area is 93.8 Å². The Morgan fingerprint density at radius 1 is 1.47 bits per heavy atom. The minimum Gasteiger partial charge on any atom is -0.356 e. The molecule has 2 rings (SSSR count). The molecule has 0 saturated carbocycles. The molecule has 0 atom stereocenters. The number of pyridine rings is 1. The SMILES string of the molecule is Clc1ccc(CNC2=NCCCN2)nc1. The fourth-order valence-corrected chi connectivity index (χ4v) is 1.45. The van der Waals surface area contributed by atoms with E-state index in [4.69, 9.17) is 11.6 Å². The monoisotopic (exact) mass is 224 g/mol. The summed E-state index contributed by atoms with van der Waals surface area (Å²) in [6, 6.07) is 3.74. The maximum absolute atomic E-state index is 5.74. The van der Waals surface area contributed by atoms with Gasteiger partial charge in [0.05, 0.1) is 17.3 Å². The van der Waals surface area contributed by atoms with E-state index in [1.54, 1.807) is 6.20 Å². The van der Waals surface area contributed by atoms with Gasteiger partial charge in [-0.15, -0.1) is 0 Å². The van der Waals surface area contributed by atoms with Crippen molar-refractivity contribution in [2.75, 3.05) is 13.1 Å². The van der Waals surface area contributed by atoms with Crippen LogP contribution in [0, 0.1) is 0 Å². The number of halogens is 1. The molecule has 0 bridgehead atoms. The predicted molar refractivity (Wildman–Crippen MR) is 61.0 cm³/mol. The lowest BCUT2D eigenvalue weighted by Gasteiger charge is -2.15. The van der Waals surface area contributed by atoms with Gasteiger partial charge in [-0.05, 0) is 18.6 Å². The highest BCUT2D eigenvalue weighted by molar-refractivity contribution is 6.30. The minimum atomic E-state index is 0.659. The number of hydrogen-bond acceptors (Lipinski definition) is 4. The number of rotatable bonds is 2. The third-order valence-corrected chi connectivity index (χ3v) is 2.35. The lowest BCUT2D eigenvalue weighted by atomic mass is 10.3. The van der Waals surface area contributed by atoms with Crippen molar-refractivity contribution in [1.29, 1.82) is 0 Å². The number of hydrogen-bond donors (Lipinski definition) is 2. The summed E-state index contributed by atoms with van der Waals surface area (Å²) >= 11 is 5.74. The average Bonchev–Trinajstić information content (AvgIpc) is 2.30. The van der Waals surface area contributed by atoms with Gasteiger partial charge in [0.1, 0.15) is 0 Å². The second kappa shape index (κ2) is 4.98. The molecule has 0 fully saturated rings. The van der Waals surface area contributed by atoms with Crippen molar-refractivity contribution in [2.45, 2.75) is 13.0 Å². The molecule has 80 valence electrons. The second-order valence-electron chi connectivity index (χ2n) is 3.33. The van der Waals surface area contributed by atoms with Crippen molar-refractivity contribution in [1.82, 2.24) is 15.6 Å². The second-order valence-corrected chi connectivity index (χ2v) is 3.77. The maximum Gasteiger partial charge on any atom is 0.191 e. The third-order valence-electron chi connectivity index (χ3n) is 2.12. The van der Waals surface area contributed by atoms with Crippen LogP contribution in [0.4, 0.5) is 0 Å². The van der Waals surface area contributed by atoms with Crippen LogP contribution in [0.2, 0.25) is 5.02 Å². The summed E-state index contributed by atoms with van der Waals surface area (Å²) < 4.78 is 0. The molecule has 1 aliphatic rings. The Balaban J connectivity index is 1.87. The largest absolute Gasteiger partial charge is 0.356 e. The minimum absolute atomic E-state index is 0.659. The summed E-state index contributed by atoms with van der Waals surface area (Å²) in [7, 11) is 0. The summed E-state index contributed by atoms with van der Waals surface area (Å²) in [5.41, 5.74) is 0.953. The van der Waals surface area contributed by atoms with Gasteiger partial charge in [-0.25, -0.2) is 0 Å². The molecule has 4 nitrogen and oxygen atoms in total. The predicted octanol–water partition coefficient (Wildman–Crippen LogP) is 1.17. The van der Waals surface area contributed by atoms with E-state index >= 15 is 0 Å². The Hall–Kier alpha value is -1.29. The molecule has 0 amide bonds. The van der Waals surface area contributed by atoms with Gasteiger partial charge in [0.15, 0.2) is 5.96 Å². The molecule has 1 aromatic heterocycles. The fourth-order valence-electron chi connectivity index (χ4n) is 1.34. The van der Waals surface area contributed by atoms with Gasteiger partial charge in [-0.1, -0.05) is 11.6 Å². The highest BCUT2D eigenvalue weighted by Gasteiger charge is 2.03. The van der Waals surface area contributed by atoms with Crippen molar-refractivity contribution in [2.24, 2.45) is 4.99 Å². The highest BCUT2D eigenvalue weighted by Crippen LogP contribution is 2.05. The maximum atomic E-state index is 5.74. The van der Waals surface area contributed by atoms with Gasteiger partial charge in [-0.3, -0.25) is 9.98 Å². The topological polar surface area (TPSA) is 49.3 Å². The molecule has 0 spiro atoms. The van der Waals surface area contributed by atoms with Crippen molar-refractivity contribution in [3.8, 4) is 0 Å². The van der Waals surface area contributed by atoms with Gasteiger partial charge >= 0.3 is 0 Å². The number of nitrogens with one attached hydrogen (secondary N) is 2. The zero-order valence-electron chi connectivity index (χ0n) is 8.33. The van der Waals surface area contributed by atoms with Crippen LogP contribution in [-0.2, 0) is 6.54 Å². The van der Waals surface area contributed by atoms with Crippen LogP contribution in [0.15, 0.2) is 23.3 Å². The van der Waals surface area contributed by atoms with E-state index in [9.17, 15) is 0 Å². The molecule has 1 aliphatic heterocycles. The first-order chi connectivity index (χ1) is 7.34. The van der Waals surface area contributed by atoms with Crippen molar-refractivity contribution in [3.05, 3.63) is 29.0 Å². The van der Waals surface area contributed by atoms with Gasteiger partial charge in [0.25, 0.3) is 0 Å². The standard InChI is InChI=1S/C10H13ClN4/c11-8-2-3-9(14-6-8)7-15-10-12-4-1-5-13-10/h2-3,6H,1,4-5,7H2,(H2,12,13,15). The molecule has 5 heteroatoms. The van der Waals surface area contributed by atoms with Crippen LogP contribution in [0.25, 0.3) is 0 Å².